The van der Waals surface area contributed by atoms with Gasteiger partial charge in [0.25, 0.3) is 0 Å². The van der Waals surface area contributed by atoms with Crippen LogP contribution in [-0.2, 0) is 6.18 Å². The zero-order valence-electron chi connectivity index (χ0n) is 43.1. The molecule has 0 aliphatic rings. The molecule has 12 rings (SSSR count). The van der Waals surface area contributed by atoms with Gasteiger partial charge in [-0.2, -0.15) is 23.7 Å². The molecule has 0 fully saturated rings. The lowest BCUT2D eigenvalue weighted by Crippen LogP contribution is -2.10. The first-order valence-corrected chi connectivity index (χ1v) is 24.6. The third-order valence-electron chi connectivity index (χ3n) is 13.5. The van der Waals surface area contributed by atoms with Gasteiger partial charge in [-0.05, 0) is 109 Å². The Balaban J connectivity index is 1.28. The van der Waals surface area contributed by atoms with E-state index >= 15 is 13.2 Å². The molecule has 0 aliphatic carbocycles. The van der Waals surface area contributed by atoms with Gasteiger partial charge in [0.1, 0.15) is 58.2 Å². The summed E-state index contributed by atoms with van der Waals surface area (Å²) in [5.74, 6) is 5.62. The number of hydrogen-bond acceptors (Lipinski definition) is 14. The third-order valence-corrected chi connectivity index (χ3v) is 13.5. The van der Waals surface area contributed by atoms with Crippen molar-refractivity contribution in [2.24, 2.45) is 0 Å². The predicted molar refractivity (Wildman–Crippen MR) is 288 cm³/mol. The molecule has 12 aromatic rings. The van der Waals surface area contributed by atoms with E-state index in [1.54, 1.807) is 67.5 Å². The SMILES string of the molecule is Cc1nc(C)nc(-c2ccc3c4ccc(-c5nc(C)nc(C)n5)cc4n(-c4cc(-c5c(C#N)cccc5C(F)(F)F)cc(-n5c6cc(-c7nc(C)nc(C)n7)ccc6c6ccc(-c7nc(C)nc(C)n7)cc65)c4C#N)c3c2)n1. The zero-order valence-corrected chi connectivity index (χ0v) is 43.1. The fourth-order valence-corrected chi connectivity index (χ4v) is 10.5. The molecule has 78 heavy (non-hydrogen) atoms. The summed E-state index contributed by atoms with van der Waals surface area (Å²) in [5.41, 5.74) is 3.55. The van der Waals surface area contributed by atoms with Crippen LogP contribution < -0.4 is 0 Å². The van der Waals surface area contributed by atoms with E-state index in [0.717, 1.165) is 27.6 Å². The summed E-state index contributed by atoms with van der Waals surface area (Å²) < 4.78 is 50.5. The first-order valence-electron chi connectivity index (χ1n) is 24.6. The quantitative estimate of drug-likeness (QED) is 0.145. The standard InChI is InChI=1S/C59H41F3N16/c1-28-65-29(2)70-55(69-28)36-12-16-42-43-17-13-37(56-71-30(3)66-31(4)72-56)21-49(43)77(48(42)20-36)52-24-41(54-40(26-63)10-9-11-47(54)59(60,61)62)25-53(46(52)27-64)78-50-22-38(57-73-32(5)67-33(6)74-57)14-18-44(50)45-19-15-39(23-51(45)78)58-75-34(7)68-35(8)76-58/h9-25H,1-8H3. The minimum atomic E-state index is -4.91. The van der Waals surface area contributed by atoms with Crippen molar-refractivity contribution in [2.45, 2.75) is 61.6 Å². The van der Waals surface area contributed by atoms with Crippen LogP contribution in [-0.4, -0.2) is 68.9 Å². The smallest absolute Gasteiger partial charge is 0.308 e. The number of nitriles is 2. The average molecular weight is 1030 g/mol. The first-order chi connectivity index (χ1) is 37.4. The number of alkyl halides is 3. The number of halogens is 3. The van der Waals surface area contributed by atoms with Crippen LogP contribution in [0.2, 0.25) is 0 Å². The van der Waals surface area contributed by atoms with E-state index in [4.69, 9.17) is 0 Å². The number of benzene rings is 6. The largest absolute Gasteiger partial charge is 0.417 e. The van der Waals surface area contributed by atoms with Gasteiger partial charge >= 0.3 is 6.18 Å². The zero-order chi connectivity index (χ0) is 54.5. The Morgan fingerprint density at radius 2 is 0.679 bits per heavy atom. The van der Waals surface area contributed by atoms with Crippen molar-refractivity contribution in [2.75, 3.05) is 0 Å². The van der Waals surface area contributed by atoms with Crippen LogP contribution in [0.5, 0.6) is 0 Å². The van der Waals surface area contributed by atoms with E-state index < -0.39 is 11.7 Å². The highest BCUT2D eigenvalue weighted by molar-refractivity contribution is 6.13. The molecule has 0 N–H and O–H groups in total. The number of aryl methyl sites for hydroxylation is 8. The second-order valence-corrected chi connectivity index (χ2v) is 19.0. The molecule has 0 radical (unpaired) electrons. The van der Waals surface area contributed by atoms with Crippen molar-refractivity contribution < 1.29 is 13.2 Å². The summed E-state index contributed by atoms with van der Waals surface area (Å²) in [6.45, 7) is 14.2. The van der Waals surface area contributed by atoms with Crippen molar-refractivity contribution in [3.63, 3.8) is 0 Å². The normalized spacial score (nSPS) is 11.8. The second-order valence-electron chi connectivity index (χ2n) is 19.0. The van der Waals surface area contributed by atoms with Crippen molar-refractivity contribution in [1.29, 1.82) is 10.5 Å². The lowest BCUT2D eigenvalue weighted by Gasteiger charge is -2.21. The van der Waals surface area contributed by atoms with Gasteiger partial charge in [-0.15, -0.1) is 0 Å². The van der Waals surface area contributed by atoms with E-state index in [-0.39, 0.29) is 33.6 Å². The van der Waals surface area contributed by atoms with Crippen LogP contribution >= 0.6 is 0 Å². The van der Waals surface area contributed by atoms with Crippen molar-refractivity contribution in [1.82, 2.24) is 68.9 Å². The van der Waals surface area contributed by atoms with Crippen molar-refractivity contribution in [3.05, 3.63) is 166 Å². The molecular formula is C59H41F3N16. The van der Waals surface area contributed by atoms with Gasteiger partial charge in [-0.3, -0.25) is 0 Å². The molecule has 0 aliphatic heterocycles. The first kappa shape index (κ1) is 48.7. The lowest BCUT2D eigenvalue weighted by atomic mass is 9.92. The van der Waals surface area contributed by atoms with Crippen LogP contribution in [0.1, 0.15) is 63.3 Å². The monoisotopic (exact) mass is 1030 g/mol. The number of hydrogen-bond donors (Lipinski definition) is 0. The molecule has 0 bridgehead atoms. The maximum atomic E-state index is 15.6. The molecule has 0 saturated heterocycles. The predicted octanol–water partition coefficient (Wildman–Crippen LogP) is 12.2. The van der Waals surface area contributed by atoms with Crippen LogP contribution in [0.4, 0.5) is 13.2 Å². The highest BCUT2D eigenvalue weighted by Gasteiger charge is 2.36. The Morgan fingerprint density at radius 3 is 0.949 bits per heavy atom. The Labute approximate surface area is 442 Å². The minimum absolute atomic E-state index is 0.00737. The van der Waals surface area contributed by atoms with Crippen molar-refractivity contribution >= 4 is 43.6 Å². The van der Waals surface area contributed by atoms with E-state index in [1.807, 2.05) is 88.0 Å². The Morgan fingerprint density at radius 1 is 0.372 bits per heavy atom. The molecule has 0 atom stereocenters. The fraction of sp³-hybridized carbons (Fsp3) is 0.153. The van der Waals surface area contributed by atoms with Gasteiger partial charge in [0.2, 0.25) is 0 Å². The van der Waals surface area contributed by atoms with Crippen molar-refractivity contribution in [3.8, 4) is 80.2 Å². The molecule has 6 heterocycles. The van der Waals surface area contributed by atoms with Gasteiger partial charge in [0, 0.05) is 49.4 Å². The third kappa shape index (κ3) is 8.34. The maximum Gasteiger partial charge on any atom is 0.417 e. The van der Waals surface area contributed by atoms with E-state index in [9.17, 15) is 10.5 Å². The van der Waals surface area contributed by atoms with E-state index in [2.05, 4.69) is 65.9 Å². The van der Waals surface area contributed by atoms with Crippen LogP contribution in [0, 0.1) is 78.1 Å². The summed E-state index contributed by atoms with van der Waals surface area (Å²) in [7, 11) is 0. The van der Waals surface area contributed by atoms with Crippen LogP contribution in [0.25, 0.3) is 112 Å². The van der Waals surface area contributed by atoms with Crippen LogP contribution in [0.3, 0.4) is 0 Å². The summed E-state index contributed by atoms with van der Waals surface area (Å²) in [5, 5.41) is 25.7. The van der Waals surface area contributed by atoms with E-state index in [1.165, 1.54) is 12.1 Å². The lowest BCUT2D eigenvalue weighted by molar-refractivity contribution is -0.137. The number of fused-ring (bicyclic) bond motifs is 6. The number of nitrogens with zero attached hydrogens (tertiary/aromatic N) is 16. The Hall–Kier alpha value is -10.3. The molecule has 0 amide bonds. The van der Waals surface area contributed by atoms with Gasteiger partial charge < -0.3 is 9.13 Å². The molecule has 378 valence electrons. The highest BCUT2D eigenvalue weighted by Crippen LogP contribution is 2.46. The molecule has 6 aromatic heterocycles. The molecule has 0 spiro atoms. The summed E-state index contributed by atoms with van der Waals surface area (Å²) in [6, 6.07) is 34.1. The van der Waals surface area contributed by atoms with Gasteiger partial charge in [-0.25, -0.2) is 59.8 Å². The van der Waals surface area contributed by atoms with Gasteiger partial charge in [0.05, 0.1) is 50.6 Å². The summed E-state index contributed by atoms with van der Waals surface area (Å²) in [4.78, 5) is 55.1. The molecule has 0 unspecified atom stereocenters. The van der Waals surface area contributed by atoms with Gasteiger partial charge in [0.15, 0.2) is 23.3 Å². The molecule has 0 saturated carbocycles. The van der Waals surface area contributed by atoms with Gasteiger partial charge in [-0.1, -0.05) is 54.6 Å². The minimum Gasteiger partial charge on any atom is -0.308 e. The average Bonchev–Trinajstić information content (AvgIpc) is 4.02. The summed E-state index contributed by atoms with van der Waals surface area (Å²) in [6.07, 6.45) is -4.91. The molecule has 16 nitrogen and oxygen atoms in total. The second kappa shape index (κ2) is 18.2. The topological polar surface area (TPSA) is 212 Å². The Bertz CT molecular complexity index is 4090. The van der Waals surface area contributed by atoms with E-state index in [0.29, 0.717) is 114 Å². The molecule has 19 heteroatoms. The summed E-state index contributed by atoms with van der Waals surface area (Å²) >= 11 is 0. The fourth-order valence-electron chi connectivity index (χ4n) is 10.5. The molecule has 6 aromatic carbocycles. The Kier molecular flexibility index (Phi) is 11.4. The number of aromatic nitrogens is 14. The van der Waals surface area contributed by atoms with Crippen LogP contribution in [0.15, 0.2) is 103 Å². The molecular weight excluding hydrogens is 990 g/mol. The number of rotatable bonds is 7. The maximum absolute atomic E-state index is 15.6. The highest BCUT2D eigenvalue weighted by atomic mass is 19.4.